The van der Waals surface area contributed by atoms with E-state index < -0.39 is 0 Å². The summed E-state index contributed by atoms with van der Waals surface area (Å²) in [5.74, 6) is -0.101. The highest BCUT2D eigenvalue weighted by Crippen LogP contribution is 2.34. The van der Waals surface area contributed by atoms with Gasteiger partial charge in [0.1, 0.15) is 0 Å². The van der Waals surface area contributed by atoms with Crippen LogP contribution in [0.15, 0.2) is 18.2 Å². The SMILES string of the molecule is Cc1ccc(N2CC(C(=O)N3CCc4nc(NC(=O)C5CC5)sc4C3)CC2=O)cc1C. The Hall–Kier alpha value is -2.74. The number of hydrogen-bond donors (Lipinski definition) is 1. The summed E-state index contributed by atoms with van der Waals surface area (Å²) in [7, 11) is 0. The first-order chi connectivity index (χ1) is 14.9. The molecule has 5 rings (SSSR count). The van der Waals surface area contributed by atoms with E-state index in [-0.39, 0.29) is 36.0 Å². The standard InChI is InChI=1S/C23H26N4O3S/c1-13-3-6-17(9-14(13)2)27-11-16(10-20(27)28)22(30)26-8-7-18-19(12-26)31-23(24-18)25-21(29)15-4-5-15/h3,6,9,15-16H,4-5,7-8,10-12H2,1-2H3,(H,24,25,29). The minimum atomic E-state index is -0.322. The van der Waals surface area contributed by atoms with Crippen molar-refractivity contribution in [3.63, 3.8) is 0 Å². The molecule has 1 N–H and O–H groups in total. The lowest BCUT2D eigenvalue weighted by atomic mass is 10.1. The third kappa shape index (κ3) is 3.96. The second-order valence-corrected chi connectivity index (χ2v) is 9.92. The molecule has 3 heterocycles. The number of carbonyl (C=O) groups excluding carboxylic acids is 3. The van der Waals surface area contributed by atoms with Crippen molar-refractivity contribution < 1.29 is 14.4 Å². The van der Waals surface area contributed by atoms with E-state index in [1.54, 1.807) is 4.90 Å². The quantitative estimate of drug-likeness (QED) is 0.795. The van der Waals surface area contributed by atoms with Crippen LogP contribution in [0.25, 0.3) is 0 Å². The van der Waals surface area contributed by atoms with Crippen molar-refractivity contribution in [3.8, 4) is 0 Å². The van der Waals surface area contributed by atoms with Crippen molar-refractivity contribution in [1.82, 2.24) is 9.88 Å². The molecule has 2 aromatic rings. The van der Waals surface area contributed by atoms with Crippen LogP contribution in [0, 0.1) is 25.7 Å². The second-order valence-electron chi connectivity index (χ2n) is 8.84. The zero-order valence-electron chi connectivity index (χ0n) is 17.8. The summed E-state index contributed by atoms with van der Waals surface area (Å²) >= 11 is 1.46. The van der Waals surface area contributed by atoms with Crippen LogP contribution in [0.1, 0.15) is 41.0 Å². The summed E-state index contributed by atoms with van der Waals surface area (Å²) in [6.45, 7) is 5.60. The Labute approximate surface area is 185 Å². The molecule has 8 heteroatoms. The van der Waals surface area contributed by atoms with Crippen molar-refractivity contribution in [1.29, 1.82) is 0 Å². The lowest BCUT2D eigenvalue weighted by molar-refractivity contribution is -0.136. The zero-order valence-corrected chi connectivity index (χ0v) is 18.6. The number of nitrogens with zero attached hydrogens (tertiary/aromatic N) is 3. The van der Waals surface area contributed by atoms with E-state index in [0.717, 1.165) is 34.7 Å². The van der Waals surface area contributed by atoms with Crippen LogP contribution < -0.4 is 10.2 Å². The third-order valence-electron chi connectivity index (χ3n) is 6.50. The third-order valence-corrected chi connectivity index (χ3v) is 7.50. The number of aryl methyl sites for hydroxylation is 2. The van der Waals surface area contributed by atoms with Gasteiger partial charge in [0.25, 0.3) is 0 Å². The fourth-order valence-corrected chi connectivity index (χ4v) is 5.29. The van der Waals surface area contributed by atoms with Crippen LogP contribution in [0.2, 0.25) is 0 Å². The Morgan fingerprint density at radius 1 is 1.16 bits per heavy atom. The first-order valence-electron chi connectivity index (χ1n) is 10.8. The fraction of sp³-hybridized carbons (Fsp3) is 0.478. The Bertz CT molecular complexity index is 1070. The summed E-state index contributed by atoms with van der Waals surface area (Å²) < 4.78 is 0. The number of hydrogen-bond acceptors (Lipinski definition) is 5. The molecule has 1 aromatic heterocycles. The molecule has 1 unspecified atom stereocenters. The molecule has 1 aromatic carbocycles. The summed E-state index contributed by atoms with van der Waals surface area (Å²) in [4.78, 5) is 47.0. The van der Waals surface area contributed by atoms with Gasteiger partial charge in [-0.25, -0.2) is 4.98 Å². The number of benzene rings is 1. The average Bonchev–Trinajstić information content (AvgIpc) is 3.42. The maximum absolute atomic E-state index is 13.2. The lowest BCUT2D eigenvalue weighted by Crippen LogP contribution is -2.40. The molecule has 1 saturated carbocycles. The Morgan fingerprint density at radius 3 is 2.71 bits per heavy atom. The number of rotatable bonds is 4. The fourth-order valence-electron chi connectivity index (χ4n) is 4.26. The van der Waals surface area contributed by atoms with Gasteiger partial charge in [0.15, 0.2) is 5.13 Å². The zero-order chi connectivity index (χ0) is 21.7. The molecule has 2 aliphatic heterocycles. The summed E-state index contributed by atoms with van der Waals surface area (Å²) in [6, 6.07) is 5.99. The topological polar surface area (TPSA) is 82.6 Å². The summed E-state index contributed by atoms with van der Waals surface area (Å²) in [5.41, 5.74) is 4.16. The molecule has 1 atom stereocenters. The molecular formula is C23H26N4O3S. The number of carbonyl (C=O) groups is 3. The van der Waals surface area contributed by atoms with Crippen LogP contribution >= 0.6 is 11.3 Å². The number of aromatic nitrogens is 1. The van der Waals surface area contributed by atoms with Crippen molar-refractivity contribution in [2.75, 3.05) is 23.3 Å². The first kappa shape index (κ1) is 20.2. The van der Waals surface area contributed by atoms with Gasteiger partial charge < -0.3 is 15.1 Å². The highest BCUT2D eigenvalue weighted by molar-refractivity contribution is 7.15. The van der Waals surface area contributed by atoms with Crippen molar-refractivity contribution in [2.45, 2.75) is 46.1 Å². The van der Waals surface area contributed by atoms with Crippen LogP contribution in [-0.2, 0) is 27.3 Å². The van der Waals surface area contributed by atoms with E-state index in [0.29, 0.717) is 31.2 Å². The molecule has 1 aliphatic carbocycles. The van der Waals surface area contributed by atoms with E-state index in [4.69, 9.17) is 0 Å². The average molecular weight is 439 g/mol. The number of thiazole rings is 1. The number of anilines is 2. The lowest BCUT2D eigenvalue weighted by Gasteiger charge is -2.28. The molecule has 31 heavy (non-hydrogen) atoms. The Kier molecular flexibility index (Phi) is 5.04. The minimum Gasteiger partial charge on any atom is -0.337 e. The van der Waals surface area contributed by atoms with Crippen LogP contribution in [0.4, 0.5) is 10.8 Å². The van der Waals surface area contributed by atoms with E-state index in [9.17, 15) is 14.4 Å². The monoisotopic (exact) mass is 438 g/mol. The minimum absolute atomic E-state index is 0.00201. The molecule has 7 nitrogen and oxygen atoms in total. The van der Waals surface area contributed by atoms with Crippen molar-refractivity contribution >= 4 is 39.9 Å². The van der Waals surface area contributed by atoms with Crippen molar-refractivity contribution in [2.24, 2.45) is 11.8 Å². The smallest absolute Gasteiger partial charge is 0.229 e. The Morgan fingerprint density at radius 2 is 1.97 bits per heavy atom. The molecule has 162 valence electrons. The van der Waals surface area contributed by atoms with Gasteiger partial charge in [-0.1, -0.05) is 17.4 Å². The number of amides is 3. The van der Waals surface area contributed by atoms with E-state index in [2.05, 4.69) is 10.3 Å². The van der Waals surface area contributed by atoms with E-state index in [1.165, 1.54) is 16.9 Å². The van der Waals surface area contributed by atoms with Gasteiger partial charge in [-0.2, -0.15) is 0 Å². The predicted octanol–water partition coefficient (Wildman–Crippen LogP) is 3.05. The second kappa shape index (κ2) is 7.75. The van der Waals surface area contributed by atoms with Crippen LogP contribution in [0.5, 0.6) is 0 Å². The molecule has 3 aliphatic rings. The van der Waals surface area contributed by atoms with Gasteiger partial charge in [0.2, 0.25) is 17.7 Å². The van der Waals surface area contributed by atoms with Crippen molar-refractivity contribution in [3.05, 3.63) is 39.9 Å². The van der Waals surface area contributed by atoms with Gasteiger partial charge in [-0.3, -0.25) is 14.4 Å². The Balaban J connectivity index is 1.25. The van der Waals surface area contributed by atoms with Gasteiger partial charge in [-0.15, -0.1) is 0 Å². The summed E-state index contributed by atoms with van der Waals surface area (Å²) in [5, 5.41) is 3.54. The molecule has 0 spiro atoms. The van der Waals surface area contributed by atoms with Gasteiger partial charge in [0.05, 0.1) is 18.2 Å². The van der Waals surface area contributed by atoms with Crippen LogP contribution in [-0.4, -0.2) is 40.7 Å². The number of nitrogens with one attached hydrogen (secondary N) is 1. The van der Waals surface area contributed by atoms with Gasteiger partial charge in [-0.05, 0) is 49.9 Å². The van der Waals surface area contributed by atoms with Gasteiger partial charge in [0, 0.05) is 42.4 Å². The molecule has 0 bridgehead atoms. The predicted molar refractivity (Wildman–Crippen MR) is 119 cm³/mol. The van der Waals surface area contributed by atoms with Gasteiger partial charge >= 0.3 is 0 Å². The van der Waals surface area contributed by atoms with E-state index in [1.807, 2.05) is 36.9 Å². The highest BCUT2D eigenvalue weighted by Gasteiger charge is 2.38. The van der Waals surface area contributed by atoms with Crippen LogP contribution in [0.3, 0.4) is 0 Å². The summed E-state index contributed by atoms with van der Waals surface area (Å²) in [6.07, 6.45) is 2.84. The first-order valence-corrected chi connectivity index (χ1v) is 11.7. The maximum atomic E-state index is 13.2. The highest BCUT2D eigenvalue weighted by atomic mass is 32.1. The largest absolute Gasteiger partial charge is 0.337 e. The normalized spacial score (nSPS) is 20.7. The maximum Gasteiger partial charge on any atom is 0.229 e. The molecule has 2 fully saturated rings. The molecular weight excluding hydrogens is 412 g/mol. The molecule has 0 radical (unpaired) electrons. The number of fused-ring (bicyclic) bond motifs is 1. The molecule has 3 amide bonds. The van der Waals surface area contributed by atoms with E-state index >= 15 is 0 Å². The molecule has 1 saturated heterocycles.